The summed E-state index contributed by atoms with van der Waals surface area (Å²) in [5.74, 6) is 1.40. The molecule has 0 unspecified atom stereocenters. The van der Waals surface area contributed by atoms with Crippen molar-refractivity contribution >= 4 is 22.7 Å². The van der Waals surface area contributed by atoms with Crippen LogP contribution >= 0.6 is 11.8 Å². The van der Waals surface area contributed by atoms with Gasteiger partial charge in [-0.05, 0) is 25.5 Å². The van der Waals surface area contributed by atoms with Crippen LogP contribution in [0.1, 0.15) is 18.9 Å². The van der Waals surface area contributed by atoms with E-state index < -0.39 is 0 Å². The van der Waals surface area contributed by atoms with E-state index in [0.29, 0.717) is 17.2 Å². The highest BCUT2D eigenvalue weighted by Gasteiger charge is 2.34. The van der Waals surface area contributed by atoms with E-state index in [0.717, 1.165) is 37.8 Å². The third kappa shape index (κ3) is 3.70. The summed E-state index contributed by atoms with van der Waals surface area (Å²) in [6.07, 6.45) is 1.00. The predicted molar refractivity (Wildman–Crippen MR) is 92.1 cm³/mol. The molecule has 0 bridgehead atoms. The number of amides is 1. The molecule has 23 heavy (non-hydrogen) atoms. The van der Waals surface area contributed by atoms with E-state index in [2.05, 4.69) is 4.99 Å². The Bertz CT molecular complexity index is 605. The van der Waals surface area contributed by atoms with Gasteiger partial charge >= 0.3 is 0 Å². The Labute approximate surface area is 140 Å². The standard InChI is InChI=1S/C17H22N2O3S/c1-2-22-10-12-7-8-19(9-12)17(21)14-11-23-16(18-14)13-5-3-4-6-15(13)20/h3-6,12,14,20H,2,7-11H2,1H3/t12-,14-/m1/s1. The van der Waals surface area contributed by atoms with Gasteiger partial charge in [0.2, 0.25) is 5.91 Å². The molecule has 0 aliphatic carbocycles. The van der Waals surface area contributed by atoms with E-state index >= 15 is 0 Å². The minimum absolute atomic E-state index is 0.0990. The number of para-hydroxylation sites is 1. The number of carbonyl (C=O) groups excluding carboxylic acids is 1. The lowest BCUT2D eigenvalue weighted by atomic mass is 10.1. The maximum atomic E-state index is 12.6. The molecule has 3 rings (SSSR count). The second-order valence-electron chi connectivity index (χ2n) is 5.88. The highest BCUT2D eigenvalue weighted by atomic mass is 32.2. The number of ether oxygens (including phenoxy) is 1. The average molecular weight is 334 g/mol. The number of hydrogen-bond acceptors (Lipinski definition) is 5. The topological polar surface area (TPSA) is 62.1 Å². The molecule has 1 fully saturated rings. The number of aromatic hydroxyl groups is 1. The fourth-order valence-corrected chi connectivity index (χ4v) is 4.03. The van der Waals surface area contributed by atoms with Gasteiger partial charge in [0.15, 0.2) is 0 Å². The summed E-state index contributed by atoms with van der Waals surface area (Å²) in [7, 11) is 0. The highest BCUT2D eigenvalue weighted by Crippen LogP contribution is 2.30. The van der Waals surface area contributed by atoms with Crippen molar-refractivity contribution in [2.75, 3.05) is 32.1 Å². The van der Waals surface area contributed by atoms with Crippen molar-refractivity contribution in [2.24, 2.45) is 10.9 Å². The van der Waals surface area contributed by atoms with Crippen molar-refractivity contribution in [3.8, 4) is 5.75 Å². The zero-order valence-corrected chi connectivity index (χ0v) is 14.1. The summed E-state index contributed by atoms with van der Waals surface area (Å²) < 4.78 is 5.46. The van der Waals surface area contributed by atoms with Gasteiger partial charge < -0.3 is 14.7 Å². The molecule has 2 atom stereocenters. The number of aliphatic imine (C=N–C) groups is 1. The number of rotatable bonds is 5. The fraction of sp³-hybridized carbons (Fsp3) is 0.529. The normalized spacial score (nSPS) is 24.0. The van der Waals surface area contributed by atoms with Crippen LogP contribution in [0.5, 0.6) is 5.75 Å². The number of nitrogens with zero attached hydrogens (tertiary/aromatic N) is 2. The van der Waals surface area contributed by atoms with Crippen molar-refractivity contribution in [3.05, 3.63) is 29.8 Å². The lowest BCUT2D eigenvalue weighted by molar-refractivity contribution is -0.131. The van der Waals surface area contributed by atoms with E-state index in [4.69, 9.17) is 4.74 Å². The molecule has 0 saturated carbocycles. The van der Waals surface area contributed by atoms with Crippen molar-refractivity contribution < 1.29 is 14.6 Å². The van der Waals surface area contributed by atoms with Crippen LogP contribution in [0.3, 0.4) is 0 Å². The van der Waals surface area contributed by atoms with Gasteiger partial charge in [0.1, 0.15) is 16.8 Å². The van der Waals surface area contributed by atoms with Crippen molar-refractivity contribution in [3.63, 3.8) is 0 Å². The number of hydrogen-bond donors (Lipinski definition) is 1. The molecule has 1 amide bonds. The summed E-state index contributed by atoms with van der Waals surface area (Å²) in [6.45, 7) is 4.99. The molecule has 2 aliphatic rings. The van der Waals surface area contributed by atoms with Crippen LogP contribution in [0.2, 0.25) is 0 Å². The van der Waals surface area contributed by atoms with Gasteiger partial charge in [-0.15, -0.1) is 11.8 Å². The van der Waals surface area contributed by atoms with Crippen LogP contribution in [0.25, 0.3) is 0 Å². The first-order chi connectivity index (χ1) is 11.2. The molecule has 1 aromatic rings. The minimum Gasteiger partial charge on any atom is -0.507 e. The summed E-state index contributed by atoms with van der Waals surface area (Å²) in [6, 6.07) is 6.80. The first-order valence-corrected chi connectivity index (χ1v) is 9.03. The van der Waals surface area contributed by atoms with Crippen LogP contribution in [0.4, 0.5) is 0 Å². The highest BCUT2D eigenvalue weighted by molar-refractivity contribution is 8.14. The molecule has 2 heterocycles. The van der Waals surface area contributed by atoms with Gasteiger partial charge in [0.05, 0.1) is 6.61 Å². The number of thioether (sulfide) groups is 1. The predicted octanol–water partition coefficient (Wildman–Crippen LogP) is 2.14. The summed E-state index contributed by atoms with van der Waals surface area (Å²) in [4.78, 5) is 19.1. The molecule has 0 spiro atoms. The van der Waals surface area contributed by atoms with Gasteiger partial charge in [-0.2, -0.15) is 0 Å². The zero-order valence-electron chi connectivity index (χ0n) is 13.3. The van der Waals surface area contributed by atoms with Crippen LogP contribution in [0.15, 0.2) is 29.3 Å². The Kier molecular flexibility index (Phi) is 5.23. The Morgan fingerprint density at radius 1 is 1.48 bits per heavy atom. The number of carbonyl (C=O) groups is 1. The summed E-state index contributed by atoms with van der Waals surface area (Å²) in [5, 5.41) is 10.7. The van der Waals surface area contributed by atoms with Crippen molar-refractivity contribution in [1.82, 2.24) is 4.90 Å². The van der Waals surface area contributed by atoms with Gasteiger partial charge in [-0.3, -0.25) is 9.79 Å². The molecule has 124 valence electrons. The molecular weight excluding hydrogens is 312 g/mol. The maximum Gasteiger partial charge on any atom is 0.248 e. The average Bonchev–Trinajstić information content (AvgIpc) is 3.22. The van der Waals surface area contributed by atoms with Crippen LogP contribution in [-0.4, -0.2) is 59.1 Å². The molecule has 6 heteroatoms. The minimum atomic E-state index is -0.333. The number of phenols is 1. The lowest BCUT2D eigenvalue weighted by Gasteiger charge is -2.18. The fourth-order valence-electron chi connectivity index (χ4n) is 2.97. The quantitative estimate of drug-likeness (QED) is 0.896. The number of likely N-dealkylation sites (tertiary alicyclic amines) is 1. The Morgan fingerprint density at radius 2 is 2.30 bits per heavy atom. The van der Waals surface area contributed by atoms with Crippen LogP contribution < -0.4 is 0 Å². The smallest absolute Gasteiger partial charge is 0.248 e. The third-order valence-electron chi connectivity index (χ3n) is 4.23. The molecular formula is C17H22N2O3S. The second-order valence-corrected chi connectivity index (χ2v) is 6.89. The molecule has 0 aromatic heterocycles. The Morgan fingerprint density at radius 3 is 3.09 bits per heavy atom. The van der Waals surface area contributed by atoms with E-state index in [1.165, 1.54) is 11.8 Å². The monoisotopic (exact) mass is 334 g/mol. The van der Waals surface area contributed by atoms with Gasteiger partial charge in [0, 0.05) is 36.9 Å². The molecule has 1 N–H and O–H groups in total. The summed E-state index contributed by atoms with van der Waals surface area (Å²) in [5.41, 5.74) is 0.712. The van der Waals surface area contributed by atoms with E-state index in [1.807, 2.05) is 24.0 Å². The molecule has 1 aromatic carbocycles. The number of benzene rings is 1. The maximum absolute atomic E-state index is 12.6. The van der Waals surface area contributed by atoms with E-state index in [1.54, 1.807) is 12.1 Å². The zero-order chi connectivity index (χ0) is 16.2. The first kappa shape index (κ1) is 16.3. The van der Waals surface area contributed by atoms with Crippen LogP contribution in [0, 0.1) is 5.92 Å². The van der Waals surface area contributed by atoms with Gasteiger partial charge in [0.25, 0.3) is 0 Å². The van der Waals surface area contributed by atoms with Crippen molar-refractivity contribution in [2.45, 2.75) is 19.4 Å². The van der Waals surface area contributed by atoms with Gasteiger partial charge in [-0.1, -0.05) is 12.1 Å². The van der Waals surface area contributed by atoms with E-state index in [-0.39, 0.29) is 17.7 Å². The van der Waals surface area contributed by atoms with Crippen LogP contribution in [-0.2, 0) is 9.53 Å². The third-order valence-corrected chi connectivity index (χ3v) is 5.31. The molecule has 5 nitrogen and oxygen atoms in total. The molecule has 1 saturated heterocycles. The lowest BCUT2D eigenvalue weighted by Crippen LogP contribution is -2.37. The Balaban J connectivity index is 1.62. The SMILES string of the molecule is CCOC[C@@H]1CCN(C(=O)[C@H]2CSC(c3ccccc3O)=N2)C1. The molecule has 0 radical (unpaired) electrons. The second kappa shape index (κ2) is 7.36. The van der Waals surface area contributed by atoms with Crippen molar-refractivity contribution in [1.29, 1.82) is 0 Å². The van der Waals surface area contributed by atoms with Gasteiger partial charge in [-0.25, -0.2) is 0 Å². The first-order valence-electron chi connectivity index (χ1n) is 8.04. The largest absolute Gasteiger partial charge is 0.507 e. The number of phenolic OH excluding ortho intramolecular Hbond substituents is 1. The summed E-state index contributed by atoms with van der Waals surface area (Å²) >= 11 is 1.54. The molecule has 2 aliphatic heterocycles. The van der Waals surface area contributed by atoms with E-state index in [9.17, 15) is 9.90 Å². The Hall–Kier alpha value is -1.53.